The summed E-state index contributed by atoms with van der Waals surface area (Å²) in [5.74, 6) is -5.14. The smallest absolute Gasteiger partial charge is 0.299 e. The van der Waals surface area contributed by atoms with Crippen molar-refractivity contribution in [2.75, 3.05) is 26.3 Å². The van der Waals surface area contributed by atoms with E-state index in [9.17, 15) is 23.2 Å². The maximum atomic E-state index is 14.9. The summed E-state index contributed by atoms with van der Waals surface area (Å²) in [5.41, 5.74) is 1.33. The van der Waals surface area contributed by atoms with Crippen LogP contribution in [0.25, 0.3) is 22.5 Å². The van der Waals surface area contributed by atoms with Crippen LogP contribution in [0.1, 0.15) is 45.7 Å². The number of carbonyl (C=O) groups excluding carboxylic acids is 3. The summed E-state index contributed by atoms with van der Waals surface area (Å²) in [5, 5.41) is 15.3. The number of hydrogen-bond acceptors (Lipinski definition) is 8. The van der Waals surface area contributed by atoms with Gasteiger partial charge in [-0.25, -0.2) is 0 Å². The Kier molecular flexibility index (Phi) is 7.22. The first-order valence-corrected chi connectivity index (χ1v) is 15.3. The molecule has 4 aromatic rings. The fourth-order valence-electron chi connectivity index (χ4n) is 6.15. The van der Waals surface area contributed by atoms with E-state index in [-0.39, 0.29) is 47.2 Å². The molecule has 2 aliphatic heterocycles. The molecular formula is C31H28F2N6O5S. The lowest BCUT2D eigenvalue weighted by Gasteiger charge is -2.25. The summed E-state index contributed by atoms with van der Waals surface area (Å²) in [6, 6.07) is 10.8. The highest BCUT2D eigenvalue weighted by atomic mass is 32.1. The van der Waals surface area contributed by atoms with Gasteiger partial charge in [-0.15, -0.1) is 21.5 Å². The third-order valence-electron chi connectivity index (χ3n) is 8.40. The van der Waals surface area contributed by atoms with Crippen molar-refractivity contribution >= 4 is 29.1 Å². The molecule has 2 aromatic carbocycles. The van der Waals surface area contributed by atoms with Crippen molar-refractivity contribution in [1.82, 2.24) is 30.7 Å². The number of thiophene rings is 1. The van der Waals surface area contributed by atoms with Crippen LogP contribution in [0.5, 0.6) is 0 Å². The van der Waals surface area contributed by atoms with E-state index < -0.39 is 36.1 Å². The maximum absolute atomic E-state index is 14.9. The monoisotopic (exact) mass is 634 g/mol. The van der Waals surface area contributed by atoms with Gasteiger partial charge in [0.1, 0.15) is 12.4 Å². The number of halogens is 2. The van der Waals surface area contributed by atoms with Crippen molar-refractivity contribution in [3.05, 3.63) is 81.8 Å². The predicted octanol–water partition coefficient (Wildman–Crippen LogP) is 3.60. The minimum absolute atomic E-state index is 0.0214. The lowest BCUT2D eigenvalue weighted by Crippen LogP contribution is -2.49. The summed E-state index contributed by atoms with van der Waals surface area (Å²) < 4.78 is 41.5. The SMILES string of the molecule is C[C@@H](NC(=O)[C@@H]1CC2(CN1C(=O)CNC(=O)c1ccc3c(c1)-c1ccccc1C3(F)F)OCCO2)c1cc(-c2nnc[nH]2)cs1. The number of rotatable bonds is 7. The van der Waals surface area contributed by atoms with Gasteiger partial charge in [-0.2, -0.15) is 8.78 Å². The van der Waals surface area contributed by atoms with Crippen molar-refractivity contribution in [3.8, 4) is 22.5 Å². The Balaban J connectivity index is 1.04. The van der Waals surface area contributed by atoms with E-state index >= 15 is 0 Å². The van der Waals surface area contributed by atoms with E-state index in [4.69, 9.17) is 9.47 Å². The van der Waals surface area contributed by atoms with Gasteiger partial charge in [0.05, 0.1) is 32.3 Å². The minimum Gasteiger partial charge on any atom is -0.347 e. The first kappa shape index (κ1) is 29.2. The molecule has 45 heavy (non-hydrogen) atoms. The summed E-state index contributed by atoms with van der Waals surface area (Å²) in [7, 11) is 0. The van der Waals surface area contributed by atoms with Crippen LogP contribution in [0.3, 0.4) is 0 Å². The molecule has 1 spiro atoms. The highest BCUT2D eigenvalue weighted by Gasteiger charge is 2.52. The lowest BCUT2D eigenvalue weighted by atomic mass is 10.0. The van der Waals surface area contributed by atoms with E-state index in [0.29, 0.717) is 24.6 Å². The predicted molar refractivity (Wildman–Crippen MR) is 158 cm³/mol. The third-order valence-corrected chi connectivity index (χ3v) is 9.51. The summed E-state index contributed by atoms with van der Waals surface area (Å²) >= 11 is 1.46. The molecule has 3 amide bonds. The number of nitrogens with one attached hydrogen (secondary N) is 3. The average molecular weight is 635 g/mol. The van der Waals surface area contributed by atoms with E-state index in [0.717, 1.165) is 10.4 Å². The van der Waals surface area contributed by atoms with Crippen LogP contribution in [0.2, 0.25) is 0 Å². The second-order valence-electron chi connectivity index (χ2n) is 11.2. The fourth-order valence-corrected chi connectivity index (χ4v) is 7.05. The van der Waals surface area contributed by atoms with E-state index in [1.54, 1.807) is 18.2 Å². The number of benzene rings is 2. The zero-order valence-electron chi connectivity index (χ0n) is 24.0. The van der Waals surface area contributed by atoms with Gasteiger partial charge in [-0.3, -0.25) is 14.4 Å². The lowest BCUT2D eigenvalue weighted by molar-refractivity contribution is -0.152. The number of alkyl halides is 2. The zero-order valence-corrected chi connectivity index (χ0v) is 24.8. The van der Waals surface area contributed by atoms with Gasteiger partial charge < -0.3 is 30.0 Å². The van der Waals surface area contributed by atoms with Gasteiger partial charge in [0, 0.05) is 38.9 Å². The number of nitrogens with zero attached hydrogens (tertiary/aromatic N) is 3. The number of aromatic amines is 1. The third kappa shape index (κ3) is 5.18. The first-order valence-electron chi connectivity index (χ1n) is 14.4. The zero-order chi connectivity index (χ0) is 31.3. The Hall–Kier alpha value is -4.53. The normalized spacial score (nSPS) is 19.7. The van der Waals surface area contributed by atoms with Crippen molar-refractivity contribution in [1.29, 1.82) is 0 Å². The molecule has 1 aliphatic carbocycles. The van der Waals surface area contributed by atoms with Gasteiger partial charge in [0.2, 0.25) is 11.8 Å². The number of fused-ring (bicyclic) bond motifs is 3. The molecule has 3 N–H and O–H groups in total. The molecule has 232 valence electrons. The van der Waals surface area contributed by atoms with Crippen LogP contribution in [0.4, 0.5) is 8.78 Å². The number of carbonyl (C=O) groups is 3. The van der Waals surface area contributed by atoms with Gasteiger partial charge in [-0.05, 0) is 36.2 Å². The molecule has 0 radical (unpaired) electrons. The molecule has 2 aromatic heterocycles. The number of hydrogen-bond donors (Lipinski definition) is 3. The summed E-state index contributed by atoms with van der Waals surface area (Å²) in [6.45, 7) is 2.13. The standard InChI is InChI=1S/C31H28F2N6O5S/c1-17(25-11-19(14-45-25)27-35-16-36-38-27)37-29(42)24-12-30(43-8-9-44-30)15-39(24)26(40)13-34-28(41)18-6-7-23-21(10-18)20-4-2-3-5-22(20)31(23,32)33/h2-7,10-11,14,16-17,24H,8-9,12-13,15H2,1H3,(H,34,41)(H,37,42)(H,35,36,38)/t17-,24+/m1/s1. The second-order valence-corrected chi connectivity index (χ2v) is 12.2. The highest BCUT2D eigenvalue weighted by molar-refractivity contribution is 7.10. The van der Waals surface area contributed by atoms with Crippen LogP contribution in [-0.2, 0) is 25.0 Å². The molecule has 2 fully saturated rings. The quantitative estimate of drug-likeness (QED) is 0.283. The Morgan fingerprint density at radius 2 is 1.89 bits per heavy atom. The molecule has 11 nitrogen and oxygen atoms in total. The Bertz CT molecular complexity index is 1790. The van der Waals surface area contributed by atoms with Crippen molar-refractivity contribution < 1.29 is 32.6 Å². The van der Waals surface area contributed by atoms with Crippen LogP contribution in [0, 0.1) is 0 Å². The molecule has 2 saturated heterocycles. The maximum Gasteiger partial charge on any atom is 0.299 e. The summed E-state index contributed by atoms with van der Waals surface area (Å²) in [6.07, 6.45) is 1.62. The Morgan fingerprint density at radius 3 is 2.67 bits per heavy atom. The second kappa shape index (κ2) is 11.1. The van der Waals surface area contributed by atoms with Crippen LogP contribution >= 0.6 is 11.3 Å². The average Bonchev–Trinajstić information content (AvgIpc) is 3.88. The topological polar surface area (TPSA) is 139 Å². The molecule has 2 atom stereocenters. The first-order chi connectivity index (χ1) is 21.6. The number of likely N-dealkylation sites (tertiary alicyclic amines) is 1. The number of amides is 3. The van der Waals surface area contributed by atoms with Gasteiger partial charge in [-0.1, -0.05) is 30.3 Å². The molecule has 0 saturated carbocycles. The van der Waals surface area contributed by atoms with Gasteiger partial charge in [0.25, 0.3) is 11.8 Å². The molecule has 14 heteroatoms. The fraction of sp³-hybridized carbons (Fsp3) is 0.323. The van der Waals surface area contributed by atoms with Crippen molar-refractivity contribution in [2.24, 2.45) is 0 Å². The summed E-state index contributed by atoms with van der Waals surface area (Å²) in [4.78, 5) is 45.3. The van der Waals surface area contributed by atoms with E-state index in [1.807, 2.05) is 18.4 Å². The highest BCUT2D eigenvalue weighted by Crippen LogP contribution is 2.51. The van der Waals surface area contributed by atoms with Crippen LogP contribution in [0.15, 0.2) is 60.2 Å². The molecule has 0 bridgehead atoms. The van der Waals surface area contributed by atoms with Crippen LogP contribution in [-0.4, -0.2) is 75.9 Å². The molecule has 3 aliphatic rings. The number of H-pyrrole nitrogens is 1. The number of ether oxygens (including phenoxy) is 2. The van der Waals surface area contributed by atoms with Crippen LogP contribution < -0.4 is 10.6 Å². The van der Waals surface area contributed by atoms with E-state index in [2.05, 4.69) is 25.8 Å². The Morgan fingerprint density at radius 1 is 1.11 bits per heavy atom. The molecule has 0 unspecified atom stereocenters. The largest absolute Gasteiger partial charge is 0.347 e. The van der Waals surface area contributed by atoms with Crippen molar-refractivity contribution in [2.45, 2.75) is 37.1 Å². The molecule has 4 heterocycles. The van der Waals surface area contributed by atoms with Gasteiger partial charge >= 0.3 is 0 Å². The minimum atomic E-state index is -3.16. The molecular weight excluding hydrogens is 606 g/mol. The van der Waals surface area contributed by atoms with Gasteiger partial charge in [0.15, 0.2) is 11.6 Å². The molecule has 7 rings (SSSR count). The number of aromatic nitrogens is 3. The van der Waals surface area contributed by atoms with E-state index in [1.165, 1.54) is 46.8 Å². The Labute approximate surface area is 259 Å². The van der Waals surface area contributed by atoms with Crippen molar-refractivity contribution in [3.63, 3.8) is 0 Å².